The normalized spacial score (nSPS) is 20.6. The summed E-state index contributed by atoms with van der Waals surface area (Å²) in [6, 6.07) is 11.3. The zero-order chi connectivity index (χ0) is 16.5. The van der Waals surface area contributed by atoms with Crippen molar-refractivity contribution in [3.05, 3.63) is 52.7 Å². The lowest BCUT2D eigenvalue weighted by Crippen LogP contribution is -3.09. The summed E-state index contributed by atoms with van der Waals surface area (Å²) in [7, 11) is 0. The third-order valence-corrected chi connectivity index (χ3v) is 6.10. The number of rotatable bonds is 4. The number of aryl methyl sites for hydroxylation is 2. The molecule has 1 saturated heterocycles. The molecular formula is C19H23N4S+. The van der Waals surface area contributed by atoms with Gasteiger partial charge in [0.25, 0.3) is 0 Å². The van der Waals surface area contributed by atoms with Crippen molar-refractivity contribution in [2.75, 3.05) is 18.4 Å². The number of quaternary nitrogens is 1. The van der Waals surface area contributed by atoms with Gasteiger partial charge in [-0.1, -0.05) is 30.3 Å². The third-order valence-electron chi connectivity index (χ3n) is 4.98. The van der Waals surface area contributed by atoms with Crippen molar-refractivity contribution in [3.63, 3.8) is 0 Å². The zero-order valence-electron chi connectivity index (χ0n) is 14.2. The molecule has 0 saturated carbocycles. The molecule has 2 N–H and O–H groups in total. The number of fused-ring (bicyclic) bond motifs is 1. The van der Waals surface area contributed by atoms with Gasteiger partial charge in [-0.3, -0.25) is 0 Å². The summed E-state index contributed by atoms with van der Waals surface area (Å²) in [6.07, 6.45) is 2.87. The van der Waals surface area contributed by atoms with Crippen molar-refractivity contribution in [1.82, 2.24) is 9.97 Å². The molecule has 124 valence electrons. The molecule has 0 aliphatic carbocycles. The lowest BCUT2D eigenvalue weighted by atomic mass is 10.2. The molecule has 2 aromatic heterocycles. The summed E-state index contributed by atoms with van der Waals surface area (Å²) < 4.78 is 0. The van der Waals surface area contributed by atoms with E-state index in [1.807, 2.05) is 0 Å². The van der Waals surface area contributed by atoms with Gasteiger partial charge in [-0.05, 0) is 19.4 Å². The summed E-state index contributed by atoms with van der Waals surface area (Å²) in [5, 5.41) is 4.89. The van der Waals surface area contributed by atoms with Crippen molar-refractivity contribution in [1.29, 1.82) is 0 Å². The first-order valence-corrected chi connectivity index (χ1v) is 9.37. The Morgan fingerprint density at radius 2 is 2.04 bits per heavy atom. The van der Waals surface area contributed by atoms with E-state index in [1.165, 1.54) is 34.4 Å². The van der Waals surface area contributed by atoms with Crippen LogP contribution in [0.3, 0.4) is 0 Å². The molecule has 3 heterocycles. The Bertz CT molecular complexity index is 843. The molecule has 0 spiro atoms. The fraction of sp³-hybridized carbons (Fsp3) is 0.368. The number of anilines is 1. The molecule has 1 aliphatic rings. The maximum atomic E-state index is 4.53. The van der Waals surface area contributed by atoms with Crippen molar-refractivity contribution in [2.24, 2.45) is 0 Å². The van der Waals surface area contributed by atoms with Crippen LogP contribution in [0.15, 0.2) is 36.7 Å². The highest BCUT2D eigenvalue weighted by Gasteiger charge is 2.27. The molecule has 0 radical (unpaired) electrons. The first-order chi connectivity index (χ1) is 11.7. The quantitative estimate of drug-likeness (QED) is 0.768. The molecule has 4 rings (SSSR count). The number of nitrogens with one attached hydrogen (secondary N) is 2. The minimum absolute atomic E-state index is 0.487. The molecule has 0 bridgehead atoms. The van der Waals surface area contributed by atoms with Gasteiger partial charge >= 0.3 is 0 Å². The second-order valence-corrected chi connectivity index (χ2v) is 7.89. The standard InChI is InChI=1S/C19H22N4S/c1-13-14(2)24-19-17(13)18(20-12-21-19)22-16-8-9-23(11-16)10-15-6-4-3-5-7-15/h3-7,12,16H,8-11H2,1-2H3,(H,20,21,22)/p+1/t16-/m0/s1. The number of hydrogen-bond donors (Lipinski definition) is 2. The van der Waals surface area contributed by atoms with Crippen molar-refractivity contribution in [3.8, 4) is 0 Å². The van der Waals surface area contributed by atoms with Gasteiger partial charge in [0.05, 0.1) is 24.5 Å². The summed E-state index contributed by atoms with van der Waals surface area (Å²) in [6.45, 7) is 7.79. The monoisotopic (exact) mass is 339 g/mol. The van der Waals surface area contributed by atoms with Gasteiger partial charge in [-0.25, -0.2) is 9.97 Å². The minimum Gasteiger partial charge on any atom is -0.361 e. The predicted octanol–water partition coefficient (Wildman–Crippen LogP) is 2.58. The Morgan fingerprint density at radius 3 is 2.88 bits per heavy atom. The number of benzene rings is 1. The fourth-order valence-electron chi connectivity index (χ4n) is 3.58. The van der Waals surface area contributed by atoms with E-state index in [4.69, 9.17) is 0 Å². The van der Waals surface area contributed by atoms with Crippen LogP contribution in [-0.4, -0.2) is 29.1 Å². The molecule has 0 amide bonds. The molecule has 1 aliphatic heterocycles. The molecule has 24 heavy (non-hydrogen) atoms. The van der Waals surface area contributed by atoms with E-state index in [9.17, 15) is 0 Å². The maximum Gasteiger partial charge on any atom is 0.138 e. The van der Waals surface area contributed by atoms with Crippen LogP contribution in [0.2, 0.25) is 0 Å². The number of likely N-dealkylation sites (tertiary alicyclic amines) is 1. The Hall–Kier alpha value is -1.98. The highest BCUT2D eigenvalue weighted by molar-refractivity contribution is 7.18. The molecular weight excluding hydrogens is 316 g/mol. The van der Waals surface area contributed by atoms with E-state index in [2.05, 4.69) is 59.5 Å². The van der Waals surface area contributed by atoms with E-state index in [0.717, 1.165) is 23.7 Å². The van der Waals surface area contributed by atoms with Gasteiger partial charge in [0.2, 0.25) is 0 Å². The summed E-state index contributed by atoms with van der Waals surface area (Å²) in [5.41, 5.74) is 2.73. The van der Waals surface area contributed by atoms with Crippen LogP contribution in [-0.2, 0) is 6.54 Å². The fourth-order valence-corrected chi connectivity index (χ4v) is 4.58. The summed E-state index contributed by atoms with van der Waals surface area (Å²) >= 11 is 1.76. The van der Waals surface area contributed by atoms with Crippen molar-refractivity contribution in [2.45, 2.75) is 32.9 Å². The molecule has 1 unspecified atom stereocenters. The van der Waals surface area contributed by atoms with Gasteiger partial charge in [0, 0.05) is 16.9 Å². The van der Waals surface area contributed by atoms with E-state index in [0.29, 0.717) is 6.04 Å². The van der Waals surface area contributed by atoms with Crippen LogP contribution in [0.5, 0.6) is 0 Å². The van der Waals surface area contributed by atoms with E-state index in [1.54, 1.807) is 22.6 Å². The van der Waals surface area contributed by atoms with E-state index >= 15 is 0 Å². The van der Waals surface area contributed by atoms with Crippen LogP contribution >= 0.6 is 11.3 Å². The minimum atomic E-state index is 0.487. The average Bonchev–Trinajstić information content (AvgIpc) is 3.14. The second kappa shape index (κ2) is 6.49. The first-order valence-electron chi connectivity index (χ1n) is 8.55. The largest absolute Gasteiger partial charge is 0.361 e. The van der Waals surface area contributed by atoms with Gasteiger partial charge in [-0.15, -0.1) is 11.3 Å². The van der Waals surface area contributed by atoms with Crippen LogP contribution in [0.4, 0.5) is 5.82 Å². The van der Waals surface area contributed by atoms with Gasteiger partial charge in [0.15, 0.2) is 0 Å². The Morgan fingerprint density at radius 1 is 1.21 bits per heavy atom. The molecule has 1 fully saturated rings. The van der Waals surface area contributed by atoms with Gasteiger partial charge < -0.3 is 10.2 Å². The number of aromatic nitrogens is 2. The number of thiophene rings is 1. The smallest absolute Gasteiger partial charge is 0.138 e. The topological polar surface area (TPSA) is 42.2 Å². The predicted molar refractivity (Wildman–Crippen MR) is 99.8 cm³/mol. The summed E-state index contributed by atoms with van der Waals surface area (Å²) in [5.74, 6) is 1.01. The van der Waals surface area contributed by atoms with E-state index < -0.39 is 0 Å². The third kappa shape index (κ3) is 3.01. The first kappa shape index (κ1) is 15.5. The SMILES string of the molecule is Cc1sc2ncnc(N[C@H]3CC[NH+](Cc4ccccc4)C3)c2c1C. The van der Waals surface area contributed by atoms with Crippen LogP contribution < -0.4 is 10.2 Å². The molecule has 3 aromatic rings. The lowest BCUT2D eigenvalue weighted by molar-refractivity contribution is -0.901. The van der Waals surface area contributed by atoms with Crippen molar-refractivity contribution >= 4 is 27.4 Å². The van der Waals surface area contributed by atoms with Gasteiger partial charge in [0.1, 0.15) is 23.5 Å². The lowest BCUT2D eigenvalue weighted by Gasteiger charge is -2.15. The number of hydrogen-bond acceptors (Lipinski definition) is 4. The second-order valence-electron chi connectivity index (χ2n) is 6.68. The van der Waals surface area contributed by atoms with Crippen LogP contribution in [0, 0.1) is 13.8 Å². The Kier molecular flexibility index (Phi) is 4.21. The maximum absolute atomic E-state index is 4.53. The van der Waals surface area contributed by atoms with Gasteiger partial charge in [-0.2, -0.15) is 0 Å². The Balaban J connectivity index is 1.47. The van der Waals surface area contributed by atoms with Crippen LogP contribution in [0.25, 0.3) is 10.2 Å². The van der Waals surface area contributed by atoms with Crippen LogP contribution in [0.1, 0.15) is 22.4 Å². The molecule has 4 nitrogen and oxygen atoms in total. The summed E-state index contributed by atoms with van der Waals surface area (Å²) in [4.78, 5) is 13.0. The number of nitrogens with zero attached hydrogens (tertiary/aromatic N) is 2. The molecule has 5 heteroatoms. The van der Waals surface area contributed by atoms with Crippen molar-refractivity contribution < 1.29 is 4.90 Å². The Labute approximate surface area is 146 Å². The average molecular weight is 339 g/mol. The highest BCUT2D eigenvalue weighted by Crippen LogP contribution is 2.32. The highest BCUT2D eigenvalue weighted by atomic mass is 32.1. The molecule has 2 atom stereocenters. The molecule has 1 aromatic carbocycles. The van der Waals surface area contributed by atoms with E-state index in [-0.39, 0.29) is 0 Å². The zero-order valence-corrected chi connectivity index (χ0v) is 15.0.